The molecule has 0 aliphatic heterocycles. The summed E-state index contributed by atoms with van der Waals surface area (Å²) in [6, 6.07) is 7.59. The Hall–Kier alpha value is -1.06. The van der Waals surface area contributed by atoms with E-state index in [4.69, 9.17) is 16.6 Å². The van der Waals surface area contributed by atoms with Crippen LogP contribution in [-0.2, 0) is 6.42 Å². The van der Waals surface area contributed by atoms with Crippen molar-refractivity contribution >= 4 is 5.69 Å². The molecule has 0 heterocycles. The minimum absolute atomic E-state index is 0.573. The molecule has 1 aromatic rings. The molecule has 66 valence electrons. The minimum Gasteiger partial charge on any atom is -0.399 e. The number of hydrogen-bond acceptors (Lipinski definition) is 3. The Morgan fingerprint density at radius 3 is 2.75 bits per heavy atom. The van der Waals surface area contributed by atoms with E-state index in [0.29, 0.717) is 6.42 Å². The lowest BCUT2D eigenvalue weighted by molar-refractivity contribution is 0.172. The Kier molecular flexibility index (Phi) is 3.08. The molecule has 1 rings (SSSR count). The lowest BCUT2D eigenvalue weighted by atomic mass is 10.1. The van der Waals surface area contributed by atoms with Crippen LogP contribution < -0.4 is 11.5 Å². The van der Waals surface area contributed by atoms with Crippen molar-refractivity contribution in [3.05, 3.63) is 29.8 Å². The van der Waals surface area contributed by atoms with Crippen molar-refractivity contribution in [2.45, 2.75) is 19.1 Å². The fourth-order valence-corrected chi connectivity index (χ4v) is 1.06. The number of aliphatic hydroxyl groups excluding tert-OH is 1. The molecule has 1 unspecified atom stereocenters. The lowest BCUT2D eigenvalue weighted by Gasteiger charge is -2.04. The summed E-state index contributed by atoms with van der Waals surface area (Å²) in [5, 5.41) is 8.83. The summed E-state index contributed by atoms with van der Waals surface area (Å²) in [4.78, 5) is 0. The van der Waals surface area contributed by atoms with E-state index in [1.807, 2.05) is 24.3 Å². The third kappa shape index (κ3) is 2.90. The quantitative estimate of drug-likeness (QED) is 0.451. The highest BCUT2D eigenvalue weighted by atomic mass is 16.3. The zero-order valence-electron chi connectivity index (χ0n) is 6.90. The Balaban J connectivity index is 2.52. The van der Waals surface area contributed by atoms with Crippen LogP contribution in [0.25, 0.3) is 0 Å². The van der Waals surface area contributed by atoms with Crippen LogP contribution >= 0.6 is 0 Å². The highest BCUT2D eigenvalue weighted by Crippen LogP contribution is 2.08. The molecular formula is C9H14N2O. The molecule has 0 saturated heterocycles. The van der Waals surface area contributed by atoms with Crippen molar-refractivity contribution < 1.29 is 5.11 Å². The first-order valence-corrected chi connectivity index (χ1v) is 3.96. The molecule has 0 radical (unpaired) electrons. The molecule has 0 aliphatic rings. The number of anilines is 1. The molecule has 0 spiro atoms. The number of aryl methyl sites for hydroxylation is 1. The molecule has 1 aromatic carbocycles. The molecule has 0 fully saturated rings. The molecule has 0 bridgehead atoms. The number of nitrogens with two attached hydrogens (primary N) is 2. The summed E-state index contributed by atoms with van der Waals surface area (Å²) >= 11 is 0. The maximum Gasteiger partial charge on any atom is 0.102 e. The van der Waals surface area contributed by atoms with Crippen molar-refractivity contribution in [3.8, 4) is 0 Å². The molecule has 12 heavy (non-hydrogen) atoms. The van der Waals surface area contributed by atoms with Crippen LogP contribution in [0.15, 0.2) is 24.3 Å². The first-order chi connectivity index (χ1) is 5.68. The van der Waals surface area contributed by atoms with Crippen LogP contribution in [-0.4, -0.2) is 11.3 Å². The molecule has 0 aromatic heterocycles. The smallest absolute Gasteiger partial charge is 0.102 e. The number of hydrogen-bond donors (Lipinski definition) is 3. The second-order valence-corrected chi connectivity index (χ2v) is 2.85. The van der Waals surface area contributed by atoms with E-state index in [1.54, 1.807) is 0 Å². The first-order valence-electron chi connectivity index (χ1n) is 3.96. The van der Waals surface area contributed by atoms with Gasteiger partial charge in [-0.25, -0.2) is 0 Å². The maximum atomic E-state index is 8.83. The predicted octanol–water partition coefficient (Wildman–Crippen LogP) is 0.479. The third-order valence-corrected chi connectivity index (χ3v) is 1.68. The van der Waals surface area contributed by atoms with Gasteiger partial charge in [0.2, 0.25) is 0 Å². The summed E-state index contributed by atoms with van der Waals surface area (Å²) in [6.07, 6.45) is 0.609. The maximum absolute atomic E-state index is 8.83. The number of nitrogen functional groups attached to an aromatic ring is 1. The Morgan fingerprint density at radius 2 is 2.17 bits per heavy atom. The summed E-state index contributed by atoms with van der Waals surface area (Å²) in [5.74, 6) is 0. The Labute approximate surface area is 72.0 Å². The fraction of sp³-hybridized carbons (Fsp3) is 0.333. The van der Waals surface area contributed by atoms with Crippen molar-refractivity contribution in [1.82, 2.24) is 0 Å². The van der Waals surface area contributed by atoms with Crippen LogP contribution in [0.1, 0.15) is 12.0 Å². The van der Waals surface area contributed by atoms with Gasteiger partial charge < -0.3 is 16.6 Å². The topological polar surface area (TPSA) is 72.3 Å². The van der Waals surface area contributed by atoms with E-state index >= 15 is 0 Å². The van der Waals surface area contributed by atoms with Gasteiger partial charge in [0.15, 0.2) is 0 Å². The molecule has 0 saturated carbocycles. The van der Waals surface area contributed by atoms with Gasteiger partial charge >= 0.3 is 0 Å². The van der Waals surface area contributed by atoms with Crippen molar-refractivity contribution in [3.63, 3.8) is 0 Å². The zero-order chi connectivity index (χ0) is 8.97. The lowest BCUT2D eigenvalue weighted by Crippen LogP contribution is -2.19. The van der Waals surface area contributed by atoms with Crippen molar-refractivity contribution in [1.29, 1.82) is 0 Å². The highest BCUT2D eigenvalue weighted by Gasteiger charge is 1.97. The van der Waals surface area contributed by atoms with Crippen LogP contribution in [0.4, 0.5) is 5.69 Å². The normalized spacial score (nSPS) is 12.8. The Morgan fingerprint density at radius 1 is 1.42 bits per heavy atom. The first kappa shape index (κ1) is 9.03. The largest absolute Gasteiger partial charge is 0.399 e. The summed E-state index contributed by atoms with van der Waals surface area (Å²) < 4.78 is 0. The minimum atomic E-state index is -0.730. The van der Waals surface area contributed by atoms with Gasteiger partial charge in [0.1, 0.15) is 6.23 Å². The van der Waals surface area contributed by atoms with E-state index in [2.05, 4.69) is 0 Å². The van der Waals surface area contributed by atoms with Crippen molar-refractivity contribution in [2.24, 2.45) is 5.73 Å². The summed E-state index contributed by atoms with van der Waals surface area (Å²) in [6.45, 7) is 0. The highest BCUT2D eigenvalue weighted by molar-refractivity contribution is 5.40. The van der Waals surface area contributed by atoms with Gasteiger partial charge in [-0.3, -0.25) is 0 Å². The van der Waals surface area contributed by atoms with Crippen LogP contribution in [0.5, 0.6) is 0 Å². The van der Waals surface area contributed by atoms with Gasteiger partial charge in [-0.05, 0) is 30.5 Å². The summed E-state index contributed by atoms with van der Waals surface area (Å²) in [5.41, 5.74) is 12.6. The number of aliphatic hydroxyl groups is 1. The number of rotatable bonds is 3. The van der Waals surface area contributed by atoms with Gasteiger partial charge in [0.25, 0.3) is 0 Å². The van der Waals surface area contributed by atoms with Crippen LogP contribution in [0.2, 0.25) is 0 Å². The van der Waals surface area contributed by atoms with E-state index in [-0.39, 0.29) is 0 Å². The average Bonchev–Trinajstić information content (AvgIpc) is 2.01. The average molecular weight is 166 g/mol. The van der Waals surface area contributed by atoms with Gasteiger partial charge in [0.05, 0.1) is 0 Å². The molecule has 3 nitrogen and oxygen atoms in total. The van der Waals surface area contributed by atoms with Crippen molar-refractivity contribution in [2.75, 3.05) is 5.73 Å². The van der Waals surface area contributed by atoms with Gasteiger partial charge in [-0.2, -0.15) is 0 Å². The van der Waals surface area contributed by atoms with Gasteiger partial charge in [-0.1, -0.05) is 12.1 Å². The molecule has 0 amide bonds. The predicted molar refractivity (Wildman–Crippen MR) is 49.4 cm³/mol. The van der Waals surface area contributed by atoms with E-state index < -0.39 is 6.23 Å². The molecular weight excluding hydrogens is 152 g/mol. The van der Waals surface area contributed by atoms with Crippen LogP contribution in [0.3, 0.4) is 0 Å². The van der Waals surface area contributed by atoms with E-state index in [1.165, 1.54) is 0 Å². The SMILES string of the molecule is Nc1cccc(CCC(N)O)c1. The molecule has 0 aliphatic carbocycles. The number of benzene rings is 1. The fourth-order valence-electron chi connectivity index (χ4n) is 1.06. The second kappa shape index (κ2) is 4.09. The van der Waals surface area contributed by atoms with E-state index in [0.717, 1.165) is 17.7 Å². The summed E-state index contributed by atoms with van der Waals surface area (Å²) in [7, 11) is 0. The monoisotopic (exact) mass is 166 g/mol. The molecule has 5 N–H and O–H groups in total. The second-order valence-electron chi connectivity index (χ2n) is 2.85. The zero-order valence-corrected chi connectivity index (χ0v) is 6.90. The van der Waals surface area contributed by atoms with Crippen LogP contribution in [0, 0.1) is 0 Å². The third-order valence-electron chi connectivity index (χ3n) is 1.68. The van der Waals surface area contributed by atoms with Gasteiger partial charge in [0, 0.05) is 5.69 Å². The Bertz CT molecular complexity index is 248. The standard InChI is InChI=1S/C9H14N2O/c10-8-3-1-2-7(6-8)4-5-9(11)12/h1-3,6,9,12H,4-5,10-11H2. The molecule has 1 atom stereocenters. The molecule has 3 heteroatoms. The van der Waals surface area contributed by atoms with E-state index in [9.17, 15) is 0 Å². The van der Waals surface area contributed by atoms with Gasteiger partial charge in [-0.15, -0.1) is 0 Å².